The summed E-state index contributed by atoms with van der Waals surface area (Å²) >= 11 is 1.09. The number of aromatic carboxylic acids is 1. The van der Waals surface area contributed by atoms with Gasteiger partial charge in [-0.15, -0.1) is 0 Å². The largest absolute Gasteiger partial charge is 0.477 e. The molecule has 0 bridgehead atoms. The molecule has 0 aliphatic heterocycles. The Morgan fingerprint density at radius 1 is 1.44 bits per heavy atom. The van der Waals surface area contributed by atoms with Crippen molar-refractivity contribution >= 4 is 28.1 Å². The summed E-state index contributed by atoms with van der Waals surface area (Å²) in [5.41, 5.74) is 1.82. The van der Waals surface area contributed by atoms with Crippen molar-refractivity contribution in [3.8, 4) is 6.07 Å². The van der Waals surface area contributed by atoms with Crippen molar-refractivity contribution in [3.05, 3.63) is 40.4 Å². The monoisotopic (exact) mass is 259 g/mol. The summed E-state index contributed by atoms with van der Waals surface area (Å²) in [6.45, 7) is 1.66. The van der Waals surface area contributed by atoms with Crippen molar-refractivity contribution in [1.29, 1.82) is 5.26 Å². The predicted octanol–water partition coefficient (Wildman–Crippen LogP) is 2.77. The van der Waals surface area contributed by atoms with Crippen LogP contribution in [0.25, 0.3) is 0 Å². The van der Waals surface area contributed by atoms with Gasteiger partial charge in [-0.1, -0.05) is 11.3 Å². The first kappa shape index (κ1) is 12.1. The molecule has 0 atom stereocenters. The third-order valence-electron chi connectivity index (χ3n) is 2.26. The molecular weight excluding hydrogens is 250 g/mol. The van der Waals surface area contributed by atoms with E-state index in [1.807, 2.05) is 6.07 Å². The Balaban J connectivity index is 2.21. The van der Waals surface area contributed by atoms with E-state index in [9.17, 15) is 4.79 Å². The predicted molar refractivity (Wildman–Crippen MR) is 68.3 cm³/mol. The molecule has 5 nitrogen and oxygen atoms in total. The van der Waals surface area contributed by atoms with E-state index in [1.54, 1.807) is 31.2 Å². The van der Waals surface area contributed by atoms with E-state index >= 15 is 0 Å². The number of carboxylic acid groups (broad SMARTS) is 1. The maximum Gasteiger partial charge on any atom is 0.347 e. The van der Waals surface area contributed by atoms with E-state index in [4.69, 9.17) is 10.4 Å². The van der Waals surface area contributed by atoms with Gasteiger partial charge in [0.1, 0.15) is 4.88 Å². The van der Waals surface area contributed by atoms with Crippen molar-refractivity contribution < 1.29 is 9.90 Å². The lowest BCUT2D eigenvalue weighted by Crippen LogP contribution is -1.94. The number of carboxylic acids is 1. The molecule has 0 fully saturated rings. The van der Waals surface area contributed by atoms with Crippen molar-refractivity contribution in [2.24, 2.45) is 0 Å². The lowest BCUT2D eigenvalue weighted by molar-refractivity contribution is 0.0701. The zero-order valence-corrected chi connectivity index (χ0v) is 10.3. The number of anilines is 2. The molecule has 0 spiro atoms. The van der Waals surface area contributed by atoms with Crippen molar-refractivity contribution in [1.82, 2.24) is 4.98 Å². The highest BCUT2D eigenvalue weighted by Gasteiger charge is 2.13. The van der Waals surface area contributed by atoms with Gasteiger partial charge < -0.3 is 10.4 Å². The molecule has 0 saturated heterocycles. The Kier molecular flexibility index (Phi) is 3.26. The first-order chi connectivity index (χ1) is 8.60. The minimum atomic E-state index is -0.974. The Morgan fingerprint density at radius 3 is 2.61 bits per heavy atom. The maximum absolute atomic E-state index is 10.9. The fourth-order valence-corrected chi connectivity index (χ4v) is 2.23. The first-order valence-corrected chi connectivity index (χ1v) is 5.89. The maximum atomic E-state index is 10.9. The lowest BCUT2D eigenvalue weighted by Gasteiger charge is -2.01. The van der Waals surface area contributed by atoms with Crippen LogP contribution in [0.4, 0.5) is 10.8 Å². The molecule has 0 saturated carbocycles. The second-order valence-electron chi connectivity index (χ2n) is 3.55. The van der Waals surface area contributed by atoms with E-state index in [0.717, 1.165) is 17.0 Å². The molecule has 6 heteroatoms. The number of benzene rings is 1. The highest BCUT2D eigenvalue weighted by atomic mass is 32.1. The molecule has 1 aromatic heterocycles. The minimum absolute atomic E-state index is 0.228. The SMILES string of the molecule is Cc1nc(Nc2ccc(C#N)cc2)sc1C(=O)O. The van der Waals surface area contributed by atoms with Gasteiger partial charge in [0, 0.05) is 5.69 Å². The highest BCUT2D eigenvalue weighted by Crippen LogP contribution is 2.25. The molecule has 90 valence electrons. The minimum Gasteiger partial charge on any atom is -0.477 e. The van der Waals surface area contributed by atoms with Crippen LogP contribution in [0.2, 0.25) is 0 Å². The number of aryl methyl sites for hydroxylation is 1. The Morgan fingerprint density at radius 2 is 2.11 bits per heavy atom. The van der Waals surface area contributed by atoms with E-state index < -0.39 is 5.97 Å². The summed E-state index contributed by atoms with van der Waals surface area (Å²) in [7, 11) is 0. The van der Waals surface area contributed by atoms with Crippen LogP contribution in [0.15, 0.2) is 24.3 Å². The molecule has 0 aliphatic rings. The number of rotatable bonds is 3. The molecule has 18 heavy (non-hydrogen) atoms. The molecule has 0 unspecified atom stereocenters. The van der Waals surface area contributed by atoms with Crippen LogP contribution in [0, 0.1) is 18.3 Å². The smallest absolute Gasteiger partial charge is 0.347 e. The summed E-state index contributed by atoms with van der Waals surface area (Å²) in [6, 6.07) is 8.88. The second kappa shape index (κ2) is 4.85. The van der Waals surface area contributed by atoms with Crippen molar-refractivity contribution in [2.75, 3.05) is 5.32 Å². The molecular formula is C12H9N3O2S. The molecule has 0 aliphatic carbocycles. The fourth-order valence-electron chi connectivity index (χ4n) is 1.40. The summed E-state index contributed by atoms with van der Waals surface area (Å²) < 4.78 is 0. The number of nitriles is 1. The van der Waals surface area contributed by atoms with Gasteiger partial charge in [0.05, 0.1) is 17.3 Å². The number of carbonyl (C=O) groups is 1. The van der Waals surface area contributed by atoms with Gasteiger partial charge in [-0.2, -0.15) is 5.26 Å². The summed E-state index contributed by atoms with van der Waals surface area (Å²) in [5.74, 6) is -0.974. The standard InChI is InChI=1S/C12H9N3O2S/c1-7-10(11(16)17)18-12(14-7)15-9-4-2-8(6-13)3-5-9/h2-5H,1H3,(H,14,15)(H,16,17). The number of aromatic nitrogens is 1. The van der Waals surface area contributed by atoms with Gasteiger partial charge in [0.2, 0.25) is 0 Å². The molecule has 1 heterocycles. The van der Waals surface area contributed by atoms with Crippen LogP contribution in [0.1, 0.15) is 20.9 Å². The van der Waals surface area contributed by atoms with Crippen LogP contribution in [-0.2, 0) is 0 Å². The van der Waals surface area contributed by atoms with Gasteiger partial charge in [-0.3, -0.25) is 0 Å². The quantitative estimate of drug-likeness (QED) is 0.885. The Bertz CT molecular complexity index is 626. The van der Waals surface area contributed by atoms with E-state index in [2.05, 4.69) is 10.3 Å². The highest BCUT2D eigenvalue weighted by molar-refractivity contribution is 7.17. The Hall–Kier alpha value is -2.39. The average molecular weight is 259 g/mol. The fraction of sp³-hybridized carbons (Fsp3) is 0.0833. The van der Waals surface area contributed by atoms with Gasteiger partial charge in [-0.05, 0) is 31.2 Å². The van der Waals surface area contributed by atoms with E-state index in [0.29, 0.717) is 16.4 Å². The van der Waals surface area contributed by atoms with Gasteiger partial charge in [0.25, 0.3) is 0 Å². The van der Waals surface area contributed by atoms with Crippen LogP contribution >= 0.6 is 11.3 Å². The number of thiazole rings is 1. The molecule has 0 amide bonds. The summed E-state index contributed by atoms with van der Waals surface area (Å²) in [5, 5.41) is 21.1. The van der Waals surface area contributed by atoms with Gasteiger partial charge in [0.15, 0.2) is 5.13 Å². The summed E-state index contributed by atoms with van der Waals surface area (Å²) in [6.07, 6.45) is 0. The second-order valence-corrected chi connectivity index (χ2v) is 4.55. The number of hydrogen-bond acceptors (Lipinski definition) is 5. The molecule has 2 N–H and O–H groups in total. The Labute approximate surface area is 107 Å². The van der Waals surface area contributed by atoms with E-state index in [-0.39, 0.29) is 4.88 Å². The zero-order chi connectivity index (χ0) is 13.1. The van der Waals surface area contributed by atoms with Crippen molar-refractivity contribution in [2.45, 2.75) is 6.92 Å². The summed E-state index contributed by atoms with van der Waals surface area (Å²) in [4.78, 5) is 15.2. The number of hydrogen-bond donors (Lipinski definition) is 2. The molecule has 0 radical (unpaired) electrons. The average Bonchev–Trinajstić information content (AvgIpc) is 2.71. The van der Waals surface area contributed by atoms with Crippen LogP contribution in [-0.4, -0.2) is 16.1 Å². The molecule has 2 rings (SSSR count). The topological polar surface area (TPSA) is 86.0 Å². The first-order valence-electron chi connectivity index (χ1n) is 5.08. The van der Waals surface area contributed by atoms with Gasteiger partial charge in [-0.25, -0.2) is 9.78 Å². The normalized spacial score (nSPS) is 9.78. The lowest BCUT2D eigenvalue weighted by atomic mass is 10.2. The number of nitrogens with zero attached hydrogens (tertiary/aromatic N) is 2. The van der Waals surface area contributed by atoms with E-state index in [1.165, 1.54) is 0 Å². The van der Waals surface area contributed by atoms with Crippen LogP contribution in [0.5, 0.6) is 0 Å². The molecule has 2 aromatic rings. The third kappa shape index (κ3) is 2.47. The van der Waals surface area contributed by atoms with Crippen LogP contribution < -0.4 is 5.32 Å². The van der Waals surface area contributed by atoms with Crippen molar-refractivity contribution in [3.63, 3.8) is 0 Å². The van der Waals surface area contributed by atoms with Gasteiger partial charge >= 0.3 is 5.97 Å². The third-order valence-corrected chi connectivity index (χ3v) is 3.32. The zero-order valence-electron chi connectivity index (χ0n) is 9.47. The number of nitrogens with one attached hydrogen (secondary N) is 1. The van der Waals surface area contributed by atoms with Crippen LogP contribution in [0.3, 0.4) is 0 Å². The molecule has 1 aromatic carbocycles.